The van der Waals surface area contributed by atoms with Gasteiger partial charge in [0.15, 0.2) is 0 Å². The Morgan fingerprint density at radius 3 is 2.86 bits per heavy atom. The lowest BCUT2D eigenvalue weighted by molar-refractivity contribution is 0.0697. The molecule has 2 aliphatic rings. The number of ether oxygens (including phenoxy) is 1. The summed E-state index contributed by atoms with van der Waals surface area (Å²) in [7, 11) is 0. The van der Waals surface area contributed by atoms with E-state index in [1.165, 1.54) is 10.7 Å². The minimum absolute atomic E-state index is 0.0562. The van der Waals surface area contributed by atoms with E-state index < -0.39 is 0 Å². The van der Waals surface area contributed by atoms with E-state index in [1.807, 2.05) is 11.8 Å². The van der Waals surface area contributed by atoms with Crippen LogP contribution in [0.25, 0.3) is 0 Å². The maximum atomic E-state index is 12.8. The average Bonchev–Trinajstić information content (AvgIpc) is 3.23. The molecule has 0 radical (unpaired) electrons. The number of carbonyl (C=O) groups excluding carboxylic acids is 1. The van der Waals surface area contributed by atoms with Crippen molar-refractivity contribution in [2.24, 2.45) is 5.92 Å². The van der Waals surface area contributed by atoms with Crippen molar-refractivity contribution in [2.45, 2.75) is 45.2 Å². The first-order chi connectivity index (χ1) is 10.7. The Kier molecular flexibility index (Phi) is 4.57. The molecule has 1 aliphatic carbocycles. The third kappa shape index (κ3) is 3.38. The van der Waals surface area contributed by atoms with Crippen LogP contribution >= 0.6 is 0 Å². The second-order valence-electron chi connectivity index (χ2n) is 6.20. The zero-order valence-electron chi connectivity index (χ0n) is 13.0. The van der Waals surface area contributed by atoms with Gasteiger partial charge in [-0.05, 0) is 31.7 Å². The summed E-state index contributed by atoms with van der Waals surface area (Å²) >= 11 is 0. The summed E-state index contributed by atoms with van der Waals surface area (Å²) in [5.41, 5.74) is 0.222. The molecule has 1 atom stereocenters. The van der Waals surface area contributed by atoms with E-state index in [9.17, 15) is 9.59 Å². The fraction of sp³-hybridized carbons (Fsp3) is 0.688. The summed E-state index contributed by atoms with van der Waals surface area (Å²) in [6, 6.07) is 3.33. The van der Waals surface area contributed by atoms with Crippen molar-refractivity contribution in [2.75, 3.05) is 19.8 Å². The molecule has 1 aromatic heterocycles. The molecule has 0 bridgehead atoms. The van der Waals surface area contributed by atoms with E-state index in [2.05, 4.69) is 5.10 Å². The topological polar surface area (TPSA) is 64.4 Å². The van der Waals surface area contributed by atoms with Crippen LogP contribution < -0.4 is 5.56 Å². The van der Waals surface area contributed by atoms with Gasteiger partial charge in [0, 0.05) is 37.7 Å². The second-order valence-corrected chi connectivity index (χ2v) is 6.20. The lowest BCUT2D eigenvalue weighted by Gasteiger charge is -2.25. The minimum atomic E-state index is -0.152. The average molecular weight is 305 g/mol. The SMILES string of the molecule is CCCn1nc(C(=O)N(C[C@@H]2CCOC2)C2CC2)ccc1=O. The Morgan fingerprint density at radius 1 is 1.41 bits per heavy atom. The number of hydrogen-bond donors (Lipinski definition) is 0. The van der Waals surface area contributed by atoms with Gasteiger partial charge in [0.1, 0.15) is 5.69 Å². The Hall–Kier alpha value is -1.69. The molecule has 1 amide bonds. The summed E-state index contributed by atoms with van der Waals surface area (Å²) in [5, 5.41) is 4.25. The van der Waals surface area contributed by atoms with E-state index in [4.69, 9.17) is 4.74 Å². The van der Waals surface area contributed by atoms with Gasteiger partial charge in [-0.15, -0.1) is 0 Å². The molecule has 1 saturated heterocycles. The fourth-order valence-corrected chi connectivity index (χ4v) is 2.87. The molecule has 0 unspecified atom stereocenters. The smallest absolute Gasteiger partial charge is 0.274 e. The van der Waals surface area contributed by atoms with E-state index in [1.54, 1.807) is 6.07 Å². The van der Waals surface area contributed by atoms with Crippen LogP contribution in [0.3, 0.4) is 0 Å². The first-order valence-electron chi connectivity index (χ1n) is 8.16. The molecule has 0 spiro atoms. The van der Waals surface area contributed by atoms with Gasteiger partial charge < -0.3 is 9.64 Å². The van der Waals surface area contributed by atoms with Gasteiger partial charge in [-0.1, -0.05) is 6.92 Å². The first-order valence-corrected chi connectivity index (χ1v) is 8.16. The summed E-state index contributed by atoms with van der Waals surface area (Å²) in [6.07, 6.45) is 3.96. The minimum Gasteiger partial charge on any atom is -0.381 e. The van der Waals surface area contributed by atoms with Crippen molar-refractivity contribution in [3.8, 4) is 0 Å². The molecule has 22 heavy (non-hydrogen) atoms. The lowest BCUT2D eigenvalue weighted by Crippen LogP contribution is -2.39. The second kappa shape index (κ2) is 6.60. The molecule has 6 nitrogen and oxygen atoms in total. The maximum absolute atomic E-state index is 12.8. The summed E-state index contributed by atoms with van der Waals surface area (Å²) in [4.78, 5) is 26.5. The molecular formula is C16H23N3O3. The fourth-order valence-electron chi connectivity index (χ4n) is 2.87. The largest absolute Gasteiger partial charge is 0.381 e. The number of hydrogen-bond acceptors (Lipinski definition) is 4. The van der Waals surface area contributed by atoms with Gasteiger partial charge in [-0.25, -0.2) is 4.68 Å². The molecule has 0 aromatic carbocycles. The van der Waals surface area contributed by atoms with Crippen LogP contribution in [0.15, 0.2) is 16.9 Å². The van der Waals surface area contributed by atoms with Gasteiger partial charge in [-0.3, -0.25) is 9.59 Å². The van der Waals surface area contributed by atoms with Crippen molar-refractivity contribution in [3.63, 3.8) is 0 Å². The highest BCUT2D eigenvalue weighted by molar-refractivity contribution is 5.92. The van der Waals surface area contributed by atoms with Crippen LogP contribution in [-0.2, 0) is 11.3 Å². The van der Waals surface area contributed by atoms with Gasteiger partial charge in [0.2, 0.25) is 0 Å². The Bertz CT molecular complexity index is 589. The zero-order valence-corrected chi connectivity index (χ0v) is 13.0. The molecule has 1 aromatic rings. The number of aromatic nitrogens is 2. The summed E-state index contributed by atoms with van der Waals surface area (Å²) in [5.74, 6) is 0.366. The third-order valence-corrected chi connectivity index (χ3v) is 4.25. The molecule has 6 heteroatoms. The van der Waals surface area contributed by atoms with Crippen LogP contribution in [0.4, 0.5) is 0 Å². The van der Waals surface area contributed by atoms with Crippen LogP contribution in [0.2, 0.25) is 0 Å². The number of nitrogens with zero attached hydrogens (tertiary/aromatic N) is 3. The quantitative estimate of drug-likeness (QED) is 0.794. The predicted octanol–water partition coefficient (Wildman–Crippen LogP) is 1.29. The maximum Gasteiger partial charge on any atom is 0.274 e. The highest BCUT2D eigenvalue weighted by Gasteiger charge is 2.35. The van der Waals surface area contributed by atoms with Crippen molar-refractivity contribution in [1.29, 1.82) is 0 Å². The third-order valence-electron chi connectivity index (χ3n) is 4.25. The molecule has 3 rings (SSSR count). The molecule has 0 N–H and O–H groups in total. The van der Waals surface area contributed by atoms with Crippen LogP contribution in [0.1, 0.15) is 43.1 Å². The summed E-state index contributed by atoms with van der Waals surface area (Å²) < 4.78 is 6.80. The van der Waals surface area contributed by atoms with Crippen molar-refractivity contribution >= 4 is 5.91 Å². The van der Waals surface area contributed by atoms with Crippen molar-refractivity contribution in [1.82, 2.24) is 14.7 Å². The van der Waals surface area contributed by atoms with Gasteiger partial charge in [0.05, 0.1) is 6.61 Å². The predicted molar refractivity (Wildman–Crippen MR) is 81.8 cm³/mol. The zero-order chi connectivity index (χ0) is 15.5. The van der Waals surface area contributed by atoms with Crippen LogP contribution in [-0.4, -0.2) is 46.4 Å². The standard InChI is InChI=1S/C16H23N3O3/c1-2-8-19-15(20)6-5-14(17-19)16(21)18(13-3-4-13)10-12-7-9-22-11-12/h5-6,12-13H,2-4,7-11H2,1H3/t12-/m0/s1. The lowest BCUT2D eigenvalue weighted by atomic mass is 10.1. The van der Waals surface area contributed by atoms with E-state index in [0.29, 0.717) is 24.2 Å². The monoisotopic (exact) mass is 305 g/mol. The Balaban J connectivity index is 1.77. The molecule has 2 heterocycles. The number of aryl methyl sites for hydroxylation is 1. The first kappa shape index (κ1) is 15.2. The molecule has 1 aliphatic heterocycles. The van der Waals surface area contributed by atoms with Gasteiger partial charge in [-0.2, -0.15) is 5.10 Å². The Morgan fingerprint density at radius 2 is 2.23 bits per heavy atom. The highest BCUT2D eigenvalue weighted by Crippen LogP contribution is 2.30. The van der Waals surface area contributed by atoms with E-state index in [0.717, 1.165) is 45.4 Å². The number of rotatable bonds is 6. The Labute approximate surface area is 130 Å². The molecule has 1 saturated carbocycles. The number of carbonyl (C=O) groups is 1. The molecular weight excluding hydrogens is 282 g/mol. The normalized spacial score (nSPS) is 21.0. The van der Waals surface area contributed by atoms with Crippen molar-refractivity contribution < 1.29 is 9.53 Å². The summed E-state index contributed by atoms with van der Waals surface area (Å²) in [6.45, 7) is 4.79. The number of amides is 1. The molecule has 2 fully saturated rings. The van der Waals surface area contributed by atoms with E-state index >= 15 is 0 Å². The van der Waals surface area contributed by atoms with Gasteiger partial charge >= 0.3 is 0 Å². The van der Waals surface area contributed by atoms with Gasteiger partial charge in [0.25, 0.3) is 11.5 Å². The van der Waals surface area contributed by atoms with Crippen LogP contribution in [0, 0.1) is 5.92 Å². The van der Waals surface area contributed by atoms with Crippen LogP contribution in [0.5, 0.6) is 0 Å². The highest BCUT2D eigenvalue weighted by atomic mass is 16.5. The molecule has 120 valence electrons. The van der Waals surface area contributed by atoms with Crippen molar-refractivity contribution in [3.05, 3.63) is 28.2 Å². The van der Waals surface area contributed by atoms with E-state index in [-0.39, 0.29) is 11.5 Å².